The van der Waals surface area contributed by atoms with E-state index in [9.17, 15) is 15.0 Å². The summed E-state index contributed by atoms with van der Waals surface area (Å²) in [5.41, 5.74) is 1.47. The number of hydrogen-bond acceptors (Lipinski definition) is 4. The zero-order valence-corrected chi connectivity index (χ0v) is 16.4. The van der Waals surface area contributed by atoms with Crippen molar-refractivity contribution in [3.63, 3.8) is 0 Å². The van der Waals surface area contributed by atoms with Gasteiger partial charge in [-0.15, -0.1) is 0 Å². The molecule has 26 heavy (non-hydrogen) atoms. The van der Waals surface area contributed by atoms with E-state index in [0.29, 0.717) is 18.3 Å². The lowest BCUT2D eigenvalue weighted by atomic mass is 9.88. The molecule has 0 radical (unpaired) electrons. The van der Waals surface area contributed by atoms with Gasteiger partial charge in [0.05, 0.1) is 19.3 Å². The Labute approximate surface area is 158 Å². The highest BCUT2D eigenvalue weighted by Gasteiger charge is 2.43. The van der Waals surface area contributed by atoms with E-state index in [0.717, 1.165) is 57.8 Å². The van der Waals surface area contributed by atoms with Gasteiger partial charge in [-0.25, -0.2) is 0 Å². The molecular weight excluding hydrogens is 328 g/mol. The quantitative estimate of drug-likeness (QED) is 0.328. The van der Waals surface area contributed by atoms with Crippen molar-refractivity contribution in [2.45, 2.75) is 83.3 Å². The Kier molecular flexibility index (Phi) is 8.86. The number of carbonyl (C=O) groups is 1. The van der Waals surface area contributed by atoms with Crippen LogP contribution in [0, 0.1) is 17.8 Å². The molecule has 2 aliphatic carbocycles. The molecule has 5 atom stereocenters. The van der Waals surface area contributed by atoms with E-state index in [1.54, 1.807) is 0 Å². The standard InChI is InChI=1S/C22H36O4/c1-3-4-5-9-18(23)11-12-19-20-14-16(13-17(20)15-21(19)24)8-6-7-10-22(25)26-2/h11-13,17-21,23-24H,3-10,14-15H2,1-2H3/b12-11+/t17-,18+,19+,20-,21+/m1/s1. The first kappa shape index (κ1) is 21.2. The lowest BCUT2D eigenvalue weighted by Gasteiger charge is -2.19. The third-order valence-electron chi connectivity index (χ3n) is 5.97. The Morgan fingerprint density at radius 1 is 1.35 bits per heavy atom. The number of aliphatic hydroxyl groups excluding tert-OH is 2. The van der Waals surface area contributed by atoms with Gasteiger partial charge in [0.2, 0.25) is 0 Å². The predicted octanol–water partition coefficient (Wildman–Crippen LogP) is 4.16. The average Bonchev–Trinajstić information content (AvgIpc) is 3.13. The van der Waals surface area contributed by atoms with E-state index in [1.807, 2.05) is 6.08 Å². The van der Waals surface area contributed by atoms with Crippen molar-refractivity contribution in [3.8, 4) is 0 Å². The molecule has 0 amide bonds. The van der Waals surface area contributed by atoms with Crippen molar-refractivity contribution in [2.75, 3.05) is 7.11 Å². The molecule has 2 rings (SSSR count). The van der Waals surface area contributed by atoms with Gasteiger partial charge < -0.3 is 14.9 Å². The molecule has 0 saturated heterocycles. The van der Waals surface area contributed by atoms with E-state index in [4.69, 9.17) is 0 Å². The summed E-state index contributed by atoms with van der Waals surface area (Å²) in [4.78, 5) is 11.2. The number of fused-ring (bicyclic) bond motifs is 1. The SMILES string of the molecule is CCCCC[C@H](O)/C=C/[C@H]1[C@@H]2CC(CCCCC(=O)OC)=C[C@@H]2C[C@@H]1O. The number of hydrogen-bond donors (Lipinski definition) is 2. The van der Waals surface area contributed by atoms with E-state index >= 15 is 0 Å². The summed E-state index contributed by atoms with van der Waals surface area (Å²) in [6, 6.07) is 0. The molecule has 0 aliphatic heterocycles. The molecule has 0 spiro atoms. The molecule has 0 unspecified atom stereocenters. The summed E-state index contributed by atoms with van der Waals surface area (Å²) < 4.78 is 4.68. The third-order valence-corrected chi connectivity index (χ3v) is 5.97. The van der Waals surface area contributed by atoms with Gasteiger partial charge in [-0.3, -0.25) is 4.79 Å². The fraction of sp³-hybridized carbons (Fsp3) is 0.773. The van der Waals surface area contributed by atoms with Gasteiger partial charge in [0.25, 0.3) is 0 Å². The molecule has 2 aliphatic rings. The van der Waals surface area contributed by atoms with Crippen molar-refractivity contribution in [1.82, 2.24) is 0 Å². The van der Waals surface area contributed by atoms with Crippen molar-refractivity contribution < 1.29 is 19.7 Å². The lowest BCUT2D eigenvalue weighted by molar-refractivity contribution is -0.140. The van der Waals surface area contributed by atoms with Gasteiger partial charge in [-0.05, 0) is 50.4 Å². The summed E-state index contributed by atoms with van der Waals surface area (Å²) >= 11 is 0. The summed E-state index contributed by atoms with van der Waals surface area (Å²) in [5, 5.41) is 20.5. The Balaban J connectivity index is 1.76. The fourth-order valence-electron chi connectivity index (χ4n) is 4.47. The molecule has 1 fully saturated rings. The average molecular weight is 365 g/mol. The van der Waals surface area contributed by atoms with Crippen LogP contribution in [-0.2, 0) is 9.53 Å². The number of esters is 1. The topological polar surface area (TPSA) is 66.8 Å². The minimum absolute atomic E-state index is 0.131. The van der Waals surface area contributed by atoms with Gasteiger partial charge in [-0.1, -0.05) is 50.0 Å². The van der Waals surface area contributed by atoms with Crippen LogP contribution < -0.4 is 0 Å². The Morgan fingerprint density at radius 3 is 2.88 bits per heavy atom. The van der Waals surface area contributed by atoms with E-state index in [1.165, 1.54) is 12.7 Å². The Hall–Kier alpha value is -1.13. The van der Waals surface area contributed by atoms with Crippen LogP contribution in [0.1, 0.15) is 71.1 Å². The van der Waals surface area contributed by atoms with Crippen molar-refractivity contribution in [2.24, 2.45) is 17.8 Å². The minimum Gasteiger partial charge on any atom is -0.469 e. The number of carbonyl (C=O) groups excluding carboxylic acids is 1. The van der Waals surface area contributed by atoms with Crippen LogP contribution in [0.25, 0.3) is 0 Å². The van der Waals surface area contributed by atoms with Gasteiger partial charge >= 0.3 is 5.97 Å². The molecule has 0 heterocycles. The second-order valence-electron chi connectivity index (χ2n) is 7.97. The maximum Gasteiger partial charge on any atom is 0.305 e. The highest BCUT2D eigenvalue weighted by atomic mass is 16.5. The molecule has 0 bridgehead atoms. The van der Waals surface area contributed by atoms with Crippen LogP contribution in [0.3, 0.4) is 0 Å². The second kappa shape index (κ2) is 10.9. The fourth-order valence-corrected chi connectivity index (χ4v) is 4.47. The number of methoxy groups -OCH3 is 1. The zero-order valence-electron chi connectivity index (χ0n) is 16.4. The highest BCUT2D eigenvalue weighted by molar-refractivity contribution is 5.68. The second-order valence-corrected chi connectivity index (χ2v) is 7.97. The molecule has 0 aromatic heterocycles. The van der Waals surface area contributed by atoms with Gasteiger partial charge in [0, 0.05) is 12.3 Å². The molecule has 0 aromatic carbocycles. The first-order valence-electron chi connectivity index (χ1n) is 10.4. The molecule has 2 N–H and O–H groups in total. The highest BCUT2D eigenvalue weighted by Crippen LogP contribution is 2.48. The number of aliphatic hydroxyl groups is 2. The molecule has 4 nitrogen and oxygen atoms in total. The molecule has 4 heteroatoms. The number of allylic oxidation sites excluding steroid dienone is 2. The molecule has 0 aromatic rings. The normalized spacial score (nSPS) is 29.0. The van der Waals surface area contributed by atoms with Crippen LogP contribution in [-0.4, -0.2) is 35.5 Å². The number of unbranched alkanes of at least 4 members (excludes halogenated alkanes) is 3. The van der Waals surface area contributed by atoms with Crippen LogP contribution >= 0.6 is 0 Å². The van der Waals surface area contributed by atoms with E-state index in [-0.39, 0.29) is 24.1 Å². The maximum atomic E-state index is 11.2. The first-order chi connectivity index (χ1) is 12.5. The summed E-state index contributed by atoms with van der Waals surface area (Å²) in [6.45, 7) is 2.16. The Bertz CT molecular complexity index is 496. The van der Waals surface area contributed by atoms with Crippen molar-refractivity contribution in [1.29, 1.82) is 0 Å². The summed E-state index contributed by atoms with van der Waals surface area (Å²) in [5.74, 6) is 0.963. The minimum atomic E-state index is -0.389. The Morgan fingerprint density at radius 2 is 2.15 bits per heavy atom. The third kappa shape index (κ3) is 6.24. The van der Waals surface area contributed by atoms with Crippen LogP contribution in [0.5, 0.6) is 0 Å². The first-order valence-corrected chi connectivity index (χ1v) is 10.4. The van der Waals surface area contributed by atoms with Gasteiger partial charge in [0.1, 0.15) is 0 Å². The lowest BCUT2D eigenvalue weighted by Crippen LogP contribution is -2.18. The largest absolute Gasteiger partial charge is 0.469 e. The van der Waals surface area contributed by atoms with E-state index < -0.39 is 0 Å². The van der Waals surface area contributed by atoms with Crippen LogP contribution in [0.15, 0.2) is 23.8 Å². The van der Waals surface area contributed by atoms with Gasteiger partial charge in [-0.2, -0.15) is 0 Å². The zero-order chi connectivity index (χ0) is 18.9. The van der Waals surface area contributed by atoms with E-state index in [2.05, 4.69) is 23.8 Å². The number of ether oxygens (including phenoxy) is 1. The molecule has 1 saturated carbocycles. The van der Waals surface area contributed by atoms with Gasteiger partial charge in [0.15, 0.2) is 0 Å². The summed E-state index contributed by atoms with van der Waals surface area (Å²) in [6.07, 6.45) is 15.1. The maximum absolute atomic E-state index is 11.2. The van der Waals surface area contributed by atoms with Crippen molar-refractivity contribution >= 4 is 5.97 Å². The number of rotatable bonds is 11. The van der Waals surface area contributed by atoms with Crippen LogP contribution in [0.4, 0.5) is 0 Å². The van der Waals surface area contributed by atoms with Crippen LogP contribution in [0.2, 0.25) is 0 Å². The molecular formula is C22H36O4. The predicted molar refractivity (Wildman–Crippen MR) is 104 cm³/mol. The smallest absolute Gasteiger partial charge is 0.305 e. The molecule has 148 valence electrons. The monoisotopic (exact) mass is 364 g/mol. The summed E-state index contributed by atoms with van der Waals surface area (Å²) in [7, 11) is 1.43. The van der Waals surface area contributed by atoms with Crippen molar-refractivity contribution in [3.05, 3.63) is 23.8 Å².